The molecular weight excluding hydrogens is 394 g/mol. The molecule has 0 radical (unpaired) electrons. The highest BCUT2D eigenvalue weighted by atomic mass is 19.1. The van der Waals surface area contributed by atoms with E-state index in [0.29, 0.717) is 6.42 Å². The molecule has 3 fully saturated rings. The number of hydrogen-bond acceptors (Lipinski definition) is 5. The number of carbonyl (C=O) groups excluding carboxylic acids is 2. The van der Waals surface area contributed by atoms with Gasteiger partial charge in [0.2, 0.25) is 0 Å². The summed E-state index contributed by atoms with van der Waals surface area (Å²) in [4.78, 5) is 24.1. The van der Waals surface area contributed by atoms with Crippen molar-refractivity contribution in [2.75, 3.05) is 6.61 Å². The summed E-state index contributed by atoms with van der Waals surface area (Å²) in [7, 11) is 0. The van der Waals surface area contributed by atoms with Crippen molar-refractivity contribution in [3.05, 3.63) is 23.8 Å². The summed E-state index contributed by atoms with van der Waals surface area (Å²) in [6, 6.07) is 0. The molecule has 6 unspecified atom stereocenters. The summed E-state index contributed by atoms with van der Waals surface area (Å²) in [5.41, 5.74) is -6.71. The molecule has 0 saturated heterocycles. The van der Waals surface area contributed by atoms with Gasteiger partial charge in [-0.1, -0.05) is 26.8 Å². The fourth-order valence-corrected chi connectivity index (χ4v) is 6.80. The molecule has 4 rings (SSSR count). The van der Waals surface area contributed by atoms with Gasteiger partial charge in [0.15, 0.2) is 17.2 Å². The number of rotatable bonds is 2. The van der Waals surface area contributed by atoms with E-state index < -0.39 is 64.4 Å². The van der Waals surface area contributed by atoms with E-state index in [1.54, 1.807) is 6.92 Å². The van der Waals surface area contributed by atoms with Gasteiger partial charge in [0.05, 0.1) is 6.10 Å². The van der Waals surface area contributed by atoms with Gasteiger partial charge in [-0.05, 0) is 56.3 Å². The van der Waals surface area contributed by atoms with E-state index in [1.807, 2.05) is 13.8 Å². The SMILES string of the molecule is CC.CC12CC(O)[C@@]3(F)C(C[C@H](F)C4=CC(=O)C=CC43C)C1CCC2(O)C(=O)CO. The molecule has 3 N–H and O–H groups in total. The van der Waals surface area contributed by atoms with Crippen molar-refractivity contribution in [2.45, 2.75) is 76.9 Å². The second-order valence-electron chi connectivity index (χ2n) is 9.34. The predicted octanol–water partition coefficient (Wildman–Crippen LogP) is 2.62. The van der Waals surface area contributed by atoms with Crippen LogP contribution in [0, 0.1) is 22.7 Å². The van der Waals surface area contributed by atoms with Crippen molar-refractivity contribution in [3.8, 4) is 0 Å². The molecular formula is C23H32F2O5. The predicted molar refractivity (Wildman–Crippen MR) is 107 cm³/mol. The summed E-state index contributed by atoms with van der Waals surface area (Å²) in [6.45, 7) is 6.29. The van der Waals surface area contributed by atoms with Gasteiger partial charge >= 0.3 is 0 Å². The van der Waals surface area contributed by atoms with E-state index in [1.165, 1.54) is 19.1 Å². The second-order valence-corrected chi connectivity index (χ2v) is 9.34. The Morgan fingerprint density at radius 2 is 1.90 bits per heavy atom. The molecule has 0 amide bonds. The van der Waals surface area contributed by atoms with Crippen LogP contribution < -0.4 is 0 Å². The Labute approximate surface area is 175 Å². The van der Waals surface area contributed by atoms with Gasteiger partial charge in [-0.3, -0.25) is 9.59 Å². The van der Waals surface area contributed by atoms with Crippen molar-refractivity contribution in [3.63, 3.8) is 0 Å². The summed E-state index contributed by atoms with van der Waals surface area (Å²) in [5.74, 6) is -2.63. The van der Waals surface area contributed by atoms with Crippen molar-refractivity contribution < 1.29 is 33.7 Å². The Bertz CT molecular complexity index is 809. The van der Waals surface area contributed by atoms with Crippen LogP contribution in [0.1, 0.15) is 53.4 Å². The number of aliphatic hydroxyl groups excluding tert-OH is 2. The minimum absolute atomic E-state index is 0.0392. The number of Topliss-reactive ketones (excluding diaryl/α,β-unsaturated/α-hetero) is 1. The lowest BCUT2D eigenvalue weighted by Crippen LogP contribution is -2.70. The van der Waals surface area contributed by atoms with E-state index in [-0.39, 0.29) is 24.8 Å². The topological polar surface area (TPSA) is 94.8 Å². The highest BCUT2D eigenvalue weighted by molar-refractivity contribution is 6.01. The molecule has 0 bridgehead atoms. The minimum Gasteiger partial charge on any atom is -0.390 e. The van der Waals surface area contributed by atoms with Crippen LogP contribution in [0.3, 0.4) is 0 Å². The van der Waals surface area contributed by atoms with Crippen LogP contribution in [-0.2, 0) is 9.59 Å². The Morgan fingerprint density at radius 1 is 1.27 bits per heavy atom. The van der Waals surface area contributed by atoms with Crippen LogP contribution in [0.2, 0.25) is 0 Å². The minimum atomic E-state index is -2.23. The van der Waals surface area contributed by atoms with Gasteiger partial charge in [-0.15, -0.1) is 0 Å². The maximum absolute atomic E-state index is 16.7. The monoisotopic (exact) mass is 426 g/mol. The molecule has 30 heavy (non-hydrogen) atoms. The summed E-state index contributed by atoms with van der Waals surface area (Å²) < 4.78 is 31.9. The van der Waals surface area contributed by atoms with Crippen LogP contribution in [0.15, 0.2) is 23.8 Å². The number of halogens is 2. The molecule has 0 aliphatic heterocycles. The van der Waals surface area contributed by atoms with E-state index in [9.17, 15) is 24.9 Å². The fraction of sp³-hybridized carbons (Fsp3) is 0.739. The lowest BCUT2D eigenvalue weighted by molar-refractivity contribution is -0.221. The Hall–Kier alpha value is -1.44. The van der Waals surface area contributed by atoms with E-state index in [2.05, 4.69) is 0 Å². The number of allylic oxidation sites excluding steroid dienone is 4. The molecule has 0 aromatic rings. The number of alkyl halides is 2. The third-order valence-corrected chi connectivity index (χ3v) is 8.39. The van der Waals surface area contributed by atoms with Gasteiger partial charge in [-0.2, -0.15) is 0 Å². The second kappa shape index (κ2) is 7.31. The number of hydrogen-bond donors (Lipinski definition) is 3. The molecule has 168 valence electrons. The molecule has 0 spiro atoms. The first kappa shape index (κ1) is 23.2. The molecule has 4 aliphatic rings. The smallest absolute Gasteiger partial charge is 0.190 e. The van der Waals surface area contributed by atoms with Crippen LogP contribution >= 0.6 is 0 Å². The normalized spacial score (nSPS) is 49.2. The van der Waals surface area contributed by atoms with E-state index in [0.717, 1.165) is 6.08 Å². The van der Waals surface area contributed by atoms with Crippen molar-refractivity contribution in [1.29, 1.82) is 0 Å². The average Bonchev–Trinajstić information content (AvgIpc) is 2.98. The highest BCUT2D eigenvalue weighted by Crippen LogP contribution is 2.69. The van der Waals surface area contributed by atoms with Gasteiger partial charge in [0, 0.05) is 16.7 Å². The molecule has 8 atom stereocenters. The average molecular weight is 427 g/mol. The largest absolute Gasteiger partial charge is 0.390 e. The first-order valence-electron chi connectivity index (χ1n) is 10.8. The first-order chi connectivity index (χ1) is 14.0. The fourth-order valence-electron chi connectivity index (χ4n) is 6.80. The summed E-state index contributed by atoms with van der Waals surface area (Å²) in [6.07, 6.45) is 0.509. The Morgan fingerprint density at radius 3 is 2.50 bits per heavy atom. The van der Waals surface area contributed by atoms with Gasteiger partial charge in [0.1, 0.15) is 18.4 Å². The van der Waals surface area contributed by atoms with Crippen LogP contribution in [0.25, 0.3) is 0 Å². The quantitative estimate of drug-likeness (QED) is 0.631. The molecule has 4 aliphatic carbocycles. The molecule has 3 saturated carbocycles. The zero-order valence-corrected chi connectivity index (χ0v) is 18.0. The van der Waals surface area contributed by atoms with E-state index in [4.69, 9.17) is 0 Å². The molecule has 0 aromatic carbocycles. The Kier molecular flexibility index (Phi) is 5.66. The lowest BCUT2D eigenvalue weighted by atomic mass is 9.44. The van der Waals surface area contributed by atoms with E-state index >= 15 is 8.78 Å². The first-order valence-corrected chi connectivity index (χ1v) is 10.8. The van der Waals surface area contributed by atoms with Gasteiger partial charge in [0.25, 0.3) is 0 Å². The zero-order chi connectivity index (χ0) is 22.7. The van der Waals surface area contributed by atoms with Gasteiger partial charge < -0.3 is 15.3 Å². The Balaban J connectivity index is 0.00000124. The van der Waals surface area contributed by atoms with Crippen molar-refractivity contribution in [1.82, 2.24) is 0 Å². The number of carbonyl (C=O) groups is 2. The number of aliphatic hydroxyl groups is 3. The molecule has 5 nitrogen and oxygen atoms in total. The summed E-state index contributed by atoms with van der Waals surface area (Å²) in [5, 5.41) is 31.4. The number of fused-ring (bicyclic) bond motifs is 5. The summed E-state index contributed by atoms with van der Waals surface area (Å²) >= 11 is 0. The number of ketones is 2. The van der Waals surface area contributed by atoms with Gasteiger partial charge in [-0.25, -0.2) is 8.78 Å². The van der Waals surface area contributed by atoms with Crippen LogP contribution in [0.5, 0.6) is 0 Å². The van der Waals surface area contributed by atoms with Crippen molar-refractivity contribution >= 4 is 11.6 Å². The maximum atomic E-state index is 16.7. The molecule has 0 heterocycles. The maximum Gasteiger partial charge on any atom is 0.190 e. The molecule has 7 heteroatoms. The zero-order valence-electron chi connectivity index (χ0n) is 18.0. The van der Waals surface area contributed by atoms with Crippen LogP contribution in [0.4, 0.5) is 8.78 Å². The lowest BCUT2D eigenvalue weighted by Gasteiger charge is -2.63. The van der Waals surface area contributed by atoms with Crippen LogP contribution in [-0.4, -0.2) is 57.0 Å². The third-order valence-electron chi connectivity index (χ3n) is 8.39. The van der Waals surface area contributed by atoms with Crippen molar-refractivity contribution in [2.24, 2.45) is 22.7 Å². The standard InChI is InChI=1S/C21H26F2O5.C2H6/c1-18-5-3-11(25)7-14(18)15(22)8-13-12-4-6-20(28,17(27)10-24)19(12,2)9-16(26)21(13,18)23;1-2/h3,5,7,12-13,15-16,24,26,28H,4,6,8-10H2,1-2H3;1-2H3/t12?,13?,15-,16?,18?,19?,20?,21-;/m0./s1. The third kappa shape index (κ3) is 2.61. The highest BCUT2D eigenvalue weighted by Gasteiger charge is 2.75. The molecule has 0 aromatic heterocycles.